The molecule has 1 rings (SSSR count). The molecule has 1 saturated carbocycles. The van der Waals surface area contributed by atoms with E-state index in [2.05, 4.69) is 12.2 Å². The van der Waals surface area contributed by atoms with Gasteiger partial charge in [-0.3, -0.25) is 4.79 Å². The average molecular weight is 169 g/mol. The second-order valence-electron chi connectivity index (χ2n) is 3.61. The molecule has 0 amide bonds. The smallest absolute Gasteiger partial charge is 0.149 e. The van der Waals surface area contributed by atoms with Gasteiger partial charge in [0.05, 0.1) is 6.04 Å². The molecule has 0 radical (unpaired) electrons. The summed E-state index contributed by atoms with van der Waals surface area (Å²) < 4.78 is 0. The Morgan fingerprint density at radius 3 is 2.58 bits per heavy atom. The predicted octanol–water partition coefficient (Wildman–Crippen LogP) is 1.74. The summed E-state index contributed by atoms with van der Waals surface area (Å²) in [6, 6.07) is 0.146. The Morgan fingerprint density at radius 2 is 2.17 bits per heavy atom. The fraction of sp³-hybridized carbons (Fsp3) is 0.900. The summed E-state index contributed by atoms with van der Waals surface area (Å²) in [6.45, 7) is 4.91. The highest BCUT2D eigenvalue weighted by atomic mass is 16.1. The number of hydrogen-bond donors (Lipinski definition) is 1. The number of carbonyl (C=O) groups is 1. The minimum absolute atomic E-state index is 0.146. The van der Waals surface area contributed by atoms with Gasteiger partial charge in [-0.15, -0.1) is 0 Å². The van der Waals surface area contributed by atoms with E-state index in [1.807, 2.05) is 6.92 Å². The molecule has 0 saturated heterocycles. The highest BCUT2D eigenvalue weighted by molar-refractivity contribution is 5.83. The van der Waals surface area contributed by atoms with Crippen molar-refractivity contribution < 1.29 is 4.79 Å². The van der Waals surface area contributed by atoms with Crippen LogP contribution in [0.15, 0.2) is 0 Å². The molecule has 0 aliphatic heterocycles. The predicted molar refractivity (Wildman–Crippen MR) is 50.1 cm³/mol. The van der Waals surface area contributed by atoms with E-state index < -0.39 is 0 Å². The Kier molecular flexibility index (Phi) is 3.73. The second kappa shape index (κ2) is 4.61. The Labute approximate surface area is 74.7 Å². The molecule has 0 aromatic carbocycles. The van der Waals surface area contributed by atoms with Crippen LogP contribution in [0.3, 0.4) is 0 Å². The number of rotatable bonds is 6. The summed E-state index contributed by atoms with van der Waals surface area (Å²) >= 11 is 0. The Bertz CT molecular complexity index is 152. The van der Waals surface area contributed by atoms with Crippen LogP contribution in [0, 0.1) is 5.92 Å². The molecule has 1 N–H and O–H groups in total. The molecule has 0 bridgehead atoms. The minimum Gasteiger partial charge on any atom is -0.308 e. The van der Waals surface area contributed by atoms with Gasteiger partial charge in [0.25, 0.3) is 0 Å². The van der Waals surface area contributed by atoms with E-state index in [4.69, 9.17) is 0 Å². The summed E-state index contributed by atoms with van der Waals surface area (Å²) in [5, 5.41) is 3.26. The van der Waals surface area contributed by atoms with Crippen LogP contribution < -0.4 is 5.32 Å². The van der Waals surface area contributed by atoms with E-state index in [0.717, 1.165) is 18.9 Å². The third-order valence-corrected chi connectivity index (χ3v) is 2.45. The summed E-state index contributed by atoms with van der Waals surface area (Å²) in [5.41, 5.74) is 0. The number of Topliss-reactive ketones (excluding diaryl/α,β-unsaturated/α-hetero) is 1. The molecule has 0 heterocycles. The molecule has 0 aromatic rings. The Balaban J connectivity index is 2.30. The van der Waals surface area contributed by atoms with Crippen LogP contribution >= 0.6 is 0 Å². The third-order valence-electron chi connectivity index (χ3n) is 2.45. The maximum absolute atomic E-state index is 11.4. The van der Waals surface area contributed by atoms with Gasteiger partial charge in [0, 0.05) is 6.42 Å². The molecule has 1 aliphatic carbocycles. The van der Waals surface area contributed by atoms with Crippen molar-refractivity contribution in [2.45, 2.75) is 45.6 Å². The van der Waals surface area contributed by atoms with Crippen LogP contribution in [0.25, 0.3) is 0 Å². The SMILES string of the molecule is CCN[C@@H](CC1CC1)C(=O)CC. The fourth-order valence-corrected chi connectivity index (χ4v) is 1.51. The molecule has 0 unspecified atom stereocenters. The lowest BCUT2D eigenvalue weighted by Crippen LogP contribution is -2.36. The van der Waals surface area contributed by atoms with Gasteiger partial charge in [-0.2, -0.15) is 0 Å². The normalized spacial score (nSPS) is 19.2. The highest BCUT2D eigenvalue weighted by Crippen LogP contribution is 2.33. The van der Waals surface area contributed by atoms with Gasteiger partial charge in [0.15, 0.2) is 0 Å². The van der Waals surface area contributed by atoms with Crippen LogP contribution in [0.2, 0.25) is 0 Å². The molecule has 12 heavy (non-hydrogen) atoms. The monoisotopic (exact) mass is 169 g/mol. The Morgan fingerprint density at radius 1 is 1.50 bits per heavy atom. The lowest BCUT2D eigenvalue weighted by Gasteiger charge is -2.14. The van der Waals surface area contributed by atoms with Gasteiger partial charge in [-0.25, -0.2) is 0 Å². The maximum atomic E-state index is 11.4. The lowest BCUT2D eigenvalue weighted by molar-refractivity contribution is -0.121. The largest absolute Gasteiger partial charge is 0.308 e. The zero-order chi connectivity index (χ0) is 8.97. The van der Waals surface area contributed by atoms with E-state index in [1.54, 1.807) is 0 Å². The zero-order valence-electron chi connectivity index (χ0n) is 8.10. The molecular weight excluding hydrogens is 150 g/mol. The zero-order valence-corrected chi connectivity index (χ0v) is 8.10. The number of carbonyl (C=O) groups excluding carboxylic acids is 1. The second-order valence-corrected chi connectivity index (χ2v) is 3.61. The van der Waals surface area contributed by atoms with Crippen molar-refractivity contribution in [3.8, 4) is 0 Å². The number of likely N-dealkylation sites (N-methyl/N-ethyl adjacent to an activating group) is 1. The van der Waals surface area contributed by atoms with Gasteiger partial charge in [-0.05, 0) is 18.9 Å². The average Bonchev–Trinajstić information content (AvgIpc) is 2.86. The fourth-order valence-electron chi connectivity index (χ4n) is 1.51. The first-order chi connectivity index (χ1) is 5.77. The van der Waals surface area contributed by atoms with Crippen molar-refractivity contribution in [1.82, 2.24) is 5.32 Å². The molecular formula is C10H19NO. The molecule has 0 aromatic heterocycles. The van der Waals surface area contributed by atoms with Gasteiger partial charge < -0.3 is 5.32 Å². The standard InChI is InChI=1S/C10H19NO/c1-3-10(12)9(11-4-2)7-8-5-6-8/h8-9,11H,3-7H2,1-2H3/t9-/m0/s1. The number of nitrogens with one attached hydrogen (secondary N) is 1. The van der Waals surface area contributed by atoms with Crippen molar-refractivity contribution in [2.75, 3.05) is 6.54 Å². The highest BCUT2D eigenvalue weighted by Gasteiger charge is 2.27. The van der Waals surface area contributed by atoms with Crippen LogP contribution in [-0.2, 0) is 4.79 Å². The summed E-state index contributed by atoms with van der Waals surface area (Å²) in [6.07, 6.45) is 4.41. The molecule has 1 aliphatic rings. The lowest BCUT2D eigenvalue weighted by atomic mass is 10.0. The van der Waals surface area contributed by atoms with E-state index in [-0.39, 0.29) is 6.04 Å². The van der Waals surface area contributed by atoms with Crippen LogP contribution in [0.1, 0.15) is 39.5 Å². The van der Waals surface area contributed by atoms with Gasteiger partial charge in [0.2, 0.25) is 0 Å². The molecule has 1 atom stereocenters. The third kappa shape index (κ3) is 2.94. The van der Waals surface area contributed by atoms with E-state index >= 15 is 0 Å². The van der Waals surface area contributed by atoms with E-state index in [1.165, 1.54) is 12.8 Å². The summed E-state index contributed by atoms with van der Waals surface area (Å²) in [4.78, 5) is 11.4. The first kappa shape index (κ1) is 9.72. The van der Waals surface area contributed by atoms with Crippen molar-refractivity contribution in [3.05, 3.63) is 0 Å². The maximum Gasteiger partial charge on any atom is 0.149 e. The van der Waals surface area contributed by atoms with E-state index in [9.17, 15) is 4.79 Å². The van der Waals surface area contributed by atoms with Crippen molar-refractivity contribution in [1.29, 1.82) is 0 Å². The van der Waals surface area contributed by atoms with Crippen molar-refractivity contribution >= 4 is 5.78 Å². The van der Waals surface area contributed by atoms with Crippen molar-refractivity contribution in [2.24, 2.45) is 5.92 Å². The molecule has 70 valence electrons. The van der Waals surface area contributed by atoms with Crippen LogP contribution in [-0.4, -0.2) is 18.4 Å². The first-order valence-electron chi connectivity index (χ1n) is 5.04. The summed E-state index contributed by atoms with van der Waals surface area (Å²) in [5.74, 6) is 1.22. The molecule has 1 fully saturated rings. The van der Waals surface area contributed by atoms with Gasteiger partial charge >= 0.3 is 0 Å². The molecule has 2 heteroatoms. The Hall–Kier alpha value is -0.370. The van der Waals surface area contributed by atoms with Gasteiger partial charge in [-0.1, -0.05) is 26.7 Å². The van der Waals surface area contributed by atoms with Crippen LogP contribution in [0.5, 0.6) is 0 Å². The van der Waals surface area contributed by atoms with E-state index in [0.29, 0.717) is 12.2 Å². The van der Waals surface area contributed by atoms with Crippen LogP contribution in [0.4, 0.5) is 0 Å². The van der Waals surface area contributed by atoms with Gasteiger partial charge in [0.1, 0.15) is 5.78 Å². The quantitative estimate of drug-likeness (QED) is 0.656. The first-order valence-corrected chi connectivity index (χ1v) is 5.04. The summed E-state index contributed by atoms with van der Waals surface area (Å²) in [7, 11) is 0. The molecule has 0 spiro atoms. The number of ketones is 1. The molecule has 2 nitrogen and oxygen atoms in total. The topological polar surface area (TPSA) is 29.1 Å². The number of hydrogen-bond acceptors (Lipinski definition) is 2. The minimum atomic E-state index is 0.146. The van der Waals surface area contributed by atoms with Crippen molar-refractivity contribution in [3.63, 3.8) is 0 Å².